The van der Waals surface area contributed by atoms with Gasteiger partial charge in [0.15, 0.2) is 31.2 Å². The monoisotopic (exact) mass is 362 g/mol. The molecule has 0 aromatic heterocycles. The van der Waals surface area contributed by atoms with Crippen molar-refractivity contribution < 1.29 is 30.4 Å². The van der Waals surface area contributed by atoms with Gasteiger partial charge in [0.2, 0.25) is 5.82 Å². The molecule has 0 saturated heterocycles. The fourth-order valence-electron chi connectivity index (χ4n) is 1.77. The molecule has 0 spiro atoms. The molecule has 0 aliphatic heterocycles. The summed E-state index contributed by atoms with van der Waals surface area (Å²) in [6.07, 6.45) is 1.77. The predicted octanol–water partition coefficient (Wildman–Crippen LogP) is 2.56. The van der Waals surface area contributed by atoms with Crippen molar-refractivity contribution in [3.8, 4) is 11.5 Å². The molecule has 0 amide bonds. The van der Waals surface area contributed by atoms with E-state index >= 15 is 0 Å². The Bertz CT molecular complexity index is 967. The highest BCUT2D eigenvalue weighted by Crippen LogP contribution is 2.32. The number of hydrogen-bond acceptors (Lipinski definition) is 5. The van der Waals surface area contributed by atoms with E-state index in [0.717, 1.165) is 42.8 Å². The fraction of sp³-hybridized carbons (Fsp3) is 0.143. The van der Waals surface area contributed by atoms with Gasteiger partial charge in [-0.1, -0.05) is 6.07 Å². The zero-order chi connectivity index (χ0) is 17.4. The molecule has 0 aliphatic carbocycles. The maximum atomic E-state index is 13.6. The van der Waals surface area contributed by atoms with Crippen LogP contribution in [0.3, 0.4) is 0 Å². The van der Waals surface area contributed by atoms with Crippen LogP contribution >= 0.6 is 0 Å². The summed E-state index contributed by atoms with van der Waals surface area (Å²) in [5.41, 5.74) is 0. The lowest BCUT2D eigenvalue weighted by atomic mass is 10.3. The molecule has 0 unspecified atom stereocenters. The summed E-state index contributed by atoms with van der Waals surface area (Å²) in [7, 11) is -7.51. The second-order valence-electron chi connectivity index (χ2n) is 4.81. The maximum Gasteiger partial charge on any atom is 0.201 e. The minimum atomic E-state index is -3.86. The highest BCUT2D eigenvalue weighted by Gasteiger charge is 2.20. The zero-order valence-corrected chi connectivity index (χ0v) is 13.7. The second-order valence-corrected chi connectivity index (χ2v) is 8.81. The van der Waals surface area contributed by atoms with Crippen molar-refractivity contribution in [3.63, 3.8) is 0 Å². The lowest BCUT2D eigenvalue weighted by Crippen LogP contribution is -2.05. The quantitative estimate of drug-likeness (QED) is 0.835. The van der Waals surface area contributed by atoms with Crippen molar-refractivity contribution in [2.45, 2.75) is 9.79 Å². The van der Waals surface area contributed by atoms with Gasteiger partial charge in [-0.25, -0.2) is 21.2 Å². The van der Waals surface area contributed by atoms with Gasteiger partial charge in [-0.3, -0.25) is 0 Å². The van der Waals surface area contributed by atoms with Crippen LogP contribution in [0.5, 0.6) is 11.5 Å². The van der Waals surface area contributed by atoms with Gasteiger partial charge < -0.3 is 4.74 Å². The van der Waals surface area contributed by atoms with Crippen LogP contribution < -0.4 is 4.74 Å². The SMILES string of the molecule is CS(=O)(=O)c1ccc(Oc2cccc(F)c2F)c(S(C)(=O)=O)c1. The first-order chi connectivity index (χ1) is 10.5. The molecule has 0 saturated carbocycles. The Morgan fingerprint density at radius 3 is 2.09 bits per heavy atom. The molecule has 2 aromatic carbocycles. The van der Waals surface area contributed by atoms with E-state index in [1.165, 1.54) is 6.07 Å². The van der Waals surface area contributed by atoms with Gasteiger partial charge in [-0.2, -0.15) is 4.39 Å². The third kappa shape index (κ3) is 3.85. The molecule has 0 radical (unpaired) electrons. The molecule has 2 aromatic rings. The summed E-state index contributed by atoms with van der Waals surface area (Å²) >= 11 is 0. The minimum absolute atomic E-state index is 0.231. The minimum Gasteiger partial charge on any atom is -0.453 e. The van der Waals surface area contributed by atoms with Gasteiger partial charge in [0.25, 0.3) is 0 Å². The van der Waals surface area contributed by atoms with E-state index in [-0.39, 0.29) is 10.6 Å². The summed E-state index contributed by atoms with van der Waals surface area (Å²) in [5.74, 6) is -3.25. The van der Waals surface area contributed by atoms with E-state index in [1.54, 1.807) is 0 Å². The molecule has 0 atom stereocenters. The van der Waals surface area contributed by atoms with Crippen molar-refractivity contribution >= 4 is 19.7 Å². The standard InChI is InChI=1S/C14H12F2O5S2/c1-22(17,18)9-6-7-11(13(8-9)23(2,19)20)21-12-5-3-4-10(15)14(12)16/h3-8H,1-2H3. The fourth-order valence-corrected chi connectivity index (χ4v) is 3.31. The van der Waals surface area contributed by atoms with E-state index in [1.807, 2.05) is 0 Å². The van der Waals surface area contributed by atoms with Gasteiger partial charge in [-0.15, -0.1) is 0 Å². The Morgan fingerprint density at radius 1 is 0.870 bits per heavy atom. The Labute approximate surface area is 132 Å². The van der Waals surface area contributed by atoms with Crippen molar-refractivity contribution in [1.82, 2.24) is 0 Å². The Morgan fingerprint density at radius 2 is 1.52 bits per heavy atom. The first kappa shape index (κ1) is 17.4. The molecule has 0 N–H and O–H groups in total. The predicted molar refractivity (Wildman–Crippen MR) is 79.1 cm³/mol. The van der Waals surface area contributed by atoms with Crippen molar-refractivity contribution in [2.75, 3.05) is 12.5 Å². The van der Waals surface area contributed by atoms with E-state index < -0.39 is 42.0 Å². The Balaban J connectivity index is 2.61. The molecular weight excluding hydrogens is 350 g/mol. The largest absolute Gasteiger partial charge is 0.453 e. The van der Waals surface area contributed by atoms with E-state index in [2.05, 4.69) is 0 Å². The van der Waals surface area contributed by atoms with Gasteiger partial charge in [0.1, 0.15) is 10.6 Å². The number of hydrogen-bond donors (Lipinski definition) is 0. The highest BCUT2D eigenvalue weighted by atomic mass is 32.2. The Hall–Kier alpha value is -2.00. The summed E-state index contributed by atoms with van der Waals surface area (Å²) in [4.78, 5) is -0.672. The molecule has 124 valence electrons. The van der Waals surface area contributed by atoms with Gasteiger partial charge >= 0.3 is 0 Å². The van der Waals surface area contributed by atoms with Crippen LogP contribution in [-0.4, -0.2) is 29.3 Å². The smallest absolute Gasteiger partial charge is 0.201 e. The zero-order valence-electron chi connectivity index (χ0n) is 12.1. The van der Waals surface area contributed by atoms with Crippen LogP contribution in [0.25, 0.3) is 0 Å². The summed E-state index contributed by atoms with van der Waals surface area (Å²) in [6, 6.07) is 6.31. The third-order valence-corrected chi connectivity index (χ3v) is 5.11. The maximum absolute atomic E-state index is 13.6. The Kier molecular flexibility index (Phi) is 4.45. The molecule has 9 heteroatoms. The summed E-state index contributed by atoms with van der Waals surface area (Å²) in [6.45, 7) is 0. The second kappa shape index (κ2) is 5.89. The van der Waals surface area contributed by atoms with Crippen molar-refractivity contribution in [3.05, 3.63) is 48.0 Å². The van der Waals surface area contributed by atoms with Crippen LogP contribution in [0.15, 0.2) is 46.2 Å². The van der Waals surface area contributed by atoms with Gasteiger partial charge in [0.05, 0.1) is 4.90 Å². The summed E-state index contributed by atoms with van der Waals surface area (Å²) in [5, 5.41) is 0. The van der Waals surface area contributed by atoms with Crippen LogP contribution in [0.1, 0.15) is 0 Å². The normalized spacial score (nSPS) is 12.2. The van der Waals surface area contributed by atoms with Crippen LogP contribution in [0.2, 0.25) is 0 Å². The van der Waals surface area contributed by atoms with E-state index in [9.17, 15) is 25.6 Å². The van der Waals surface area contributed by atoms with Crippen LogP contribution in [-0.2, 0) is 19.7 Å². The van der Waals surface area contributed by atoms with Crippen molar-refractivity contribution in [2.24, 2.45) is 0 Å². The number of ether oxygens (including phenoxy) is 1. The molecule has 23 heavy (non-hydrogen) atoms. The molecule has 0 aliphatic rings. The molecule has 0 fully saturated rings. The highest BCUT2D eigenvalue weighted by molar-refractivity contribution is 7.91. The summed E-state index contributed by atoms with van der Waals surface area (Å²) < 4.78 is 78.7. The number of benzene rings is 2. The number of rotatable bonds is 4. The molecule has 5 nitrogen and oxygen atoms in total. The lowest BCUT2D eigenvalue weighted by molar-refractivity contribution is 0.408. The topological polar surface area (TPSA) is 77.5 Å². The van der Waals surface area contributed by atoms with E-state index in [4.69, 9.17) is 4.74 Å². The van der Waals surface area contributed by atoms with E-state index in [0.29, 0.717) is 0 Å². The van der Waals surface area contributed by atoms with Crippen molar-refractivity contribution in [1.29, 1.82) is 0 Å². The molecule has 2 rings (SSSR count). The molecule has 0 bridgehead atoms. The first-order valence-electron chi connectivity index (χ1n) is 6.16. The van der Waals surface area contributed by atoms with Crippen LogP contribution in [0.4, 0.5) is 8.78 Å². The lowest BCUT2D eigenvalue weighted by Gasteiger charge is -2.12. The first-order valence-corrected chi connectivity index (χ1v) is 9.94. The van der Waals surface area contributed by atoms with Gasteiger partial charge in [-0.05, 0) is 30.3 Å². The average Bonchev–Trinajstić information content (AvgIpc) is 2.42. The average molecular weight is 362 g/mol. The van der Waals surface area contributed by atoms with Gasteiger partial charge in [0, 0.05) is 12.5 Å². The number of halogens is 2. The molecule has 0 heterocycles. The number of sulfone groups is 2. The molecular formula is C14H12F2O5S2. The van der Waals surface area contributed by atoms with Crippen LogP contribution in [0, 0.1) is 11.6 Å². The third-order valence-electron chi connectivity index (χ3n) is 2.88.